The second-order valence-electron chi connectivity index (χ2n) is 8.02. The predicted molar refractivity (Wildman–Crippen MR) is 123 cm³/mol. The molecule has 2 aliphatic rings. The number of benzodiazepines with no additional fused rings is 1. The molecule has 4 rings (SSSR count). The number of piperazine rings is 1. The zero-order chi connectivity index (χ0) is 22.0. The molecule has 1 saturated heterocycles. The van der Waals surface area contributed by atoms with E-state index in [1.54, 1.807) is 11.9 Å². The van der Waals surface area contributed by atoms with Crippen LogP contribution in [0.4, 0.5) is 16.2 Å². The number of amidine groups is 1. The number of carbonyl (C=O) groups is 2. The molecule has 1 fully saturated rings. The van der Waals surface area contributed by atoms with Crippen molar-refractivity contribution in [2.75, 3.05) is 50.5 Å². The van der Waals surface area contributed by atoms with Crippen molar-refractivity contribution in [2.45, 2.75) is 13.1 Å². The second-order valence-corrected chi connectivity index (χ2v) is 8.02. The number of para-hydroxylation sites is 1. The maximum atomic E-state index is 13.2. The van der Waals surface area contributed by atoms with Crippen molar-refractivity contribution in [1.29, 1.82) is 0 Å². The molecule has 2 heterocycles. The smallest absolute Gasteiger partial charge is 0.321 e. The molecule has 0 aromatic heterocycles. The van der Waals surface area contributed by atoms with E-state index in [1.807, 2.05) is 55.5 Å². The molecule has 2 aromatic carbocycles. The number of aliphatic imine (C=N–C) groups is 1. The van der Waals surface area contributed by atoms with Crippen molar-refractivity contribution in [3.8, 4) is 0 Å². The van der Waals surface area contributed by atoms with Gasteiger partial charge < -0.3 is 25.3 Å². The van der Waals surface area contributed by atoms with Gasteiger partial charge >= 0.3 is 6.03 Å². The van der Waals surface area contributed by atoms with E-state index in [1.165, 1.54) is 0 Å². The van der Waals surface area contributed by atoms with E-state index in [9.17, 15) is 9.59 Å². The van der Waals surface area contributed by atoms with Gasteiger partial charge in [0.1, 0.15) is 5.84 Å². The van der Waals surface area contributed by atoms with E-state index in [0.717, 1.165) is 48.8 Å². The summed E-state index contributed by atoms with van der Waals surface area (Å²) in [7, 11) is 3.81. The Kier molecular flexibility index (Phi) is 5.90. The van der Waals surface area contributed by atoms with Crippen LogP contribution in [0.3, 0.4) is 0 Å². The highest BCUT2D eigenvalue weighted by Gasteiger charge is 2.33. The van der Waals surface area contributed by atoms with E-state index < -0.39 is 12.2 Å². The SMILES string of the molecule is Cc1ccc(NC(=O)N[C@@H]2N=C(N3CCN(C)CC3)c3ccccc3N(C)C2=O)cc1. The lowest BCUT2D eigenvalue weighted by molar-refractivity contribution is -0.119. The fourth-order valence-corrected chi connectivity index (χ4v) is 3.80. The Hall–Kier alpha value is -3.39. The maximum absolute atomic E-state index is 13.2. The predicted octanol–water partition coefficient (Wildman–Crippen LogP) is 2.11. The van der Waals surface area contributed by atoms with Gasteiger partial charge in [0.25, 0.3) is 5.91 Å². The fraction of sp³-hybridized carbons (Fsp3) is 0.348. The van der Waals surface area contributed by atoms with Crippen LogP contribution in [-0.2, 0) is 4.79 Å². The molecular weight excluding hydrogens is 392 g/mol. The van der Waals surface area contributed by atoms with E-state index in [4.69, 9.17) is 4.99 Å². The van der Waals surface area contributed by atoms with E-state index in [2.05, 4.69) is 27.5 Å². The molecule has 0 spiro atoms. The van der Waals surface area contributed by atoms with Gasteiger partial charge in [-0.15, -0.1) is 0 Å². The molecule has 8 nitrogen and oxygen atoms in total. The Bertz CT molecular complexity index is 995. The largest absolute Gasteiger partial charge is 0.354 e. The summed E-state index contributed by atoms with van der Waals surface area (Å²) in [5.74, 6) is 0.456. The number of nitrogens with one attached hydrogen (secondary N) is 2. The number of nitrogens with zero attached hydrogens (tertiary/aromatic N) is 4. The van der Waals surface area contributed by atoms with E-state index in [0.29, 0.717) is 5.69 Å². The minimum absolute atomic E-state index is 0.282. The van der Waals surface area contributed by atoms with Crippen LogP contribution < -0.4 is 15.5 Å². The maximum Gasteiger partial charge on any atom is 0.321 e. The lowest BCUT2D eigenvalue weighted by Crippen LogP contribution is -2.49. The second kappa shape index (κ2) is 8.77. The standard InChI is InChI=1S/C23H28N6O2/c1-16-8-10-17(11-9-16)24-23(31)26-20-22(30)28(3)19-7-5-4-6-18(19)21(25-20)29-14-12-27(2)13-15-29/h4-11,20H,12-15H2,1-3H3,(H2,24,26,31)/t20-/m0/s1. The van der Waals surface area contributed by atoms with E-state index >= 15 is 0 Å². The first-order chi connectivity index (χ1) is 14.9. The number of fused-ring (bicyclic) bond motifs is 1. The number of benzene rings is 2. The van der Waals surface area contributed by atoms with Crippen LogP contribution in [-0.4, -0.2) is 74.0 Å². The molecule has 162 valence electrons. The Morgan fingerprint density at radius 3 is 2.39 bits per heavy atom. The van der Waals surface area contributed by atoms with Gasteiger partial charge in [-0.1, -0.05) is 29.8 Å². The molecule has 8 heteroatoms. The lowest BCUT2D eigenvalue weighted by atomic mass is 10.1. The zero-order valence-electron chi connectivity index (χ0n) is 18.1. The van der Waals surface area contributed by atoms with Crippen molar-refractivity contribution in [3.63, 3.8) is 0 Å². The molecule has 2 N–H and O–H groups in total. The number of likely N-dealkylation sites (N-methyl/N-ethyl adjacent to an activating group) is 2. The third-order valence-electron chi connectivity index (χ3n) is 5.70. The Labute approximate surface area is 182 Å². The average Bonchev–Trinajstić information content (AvgIpc) is 2.87. The molecule has 0 saturated carbocycles. The molecular formula is C23H28N6O2. The molecule has 0 radical (unpaired) electrons. The van der Waals surface area contributed by atoms with Gasteiger partial charge in [0.2, 0.25) is 6.17 Å². The van der Waals surface area contributed by atoms with Gasteiger partial charge in [-0.2, -0.15) is 0 Å². The minimum atomic E-state index is -1.02. The highest BCUT2D eigenvalue weighted by Crippen LogP contribution is 2.26. The van der Waals surface area contributed by atoms with Gasteiger partial charge in [0.15, 0.2) is 0 Å². The number of amides is 3. The van der Waals surface area contributed by atoms with Crippen molar-refractivity contribution in [3.05, 3.63) is 59.7 Å². The van der Waals surface area contributed by atoms with E-state index in [-0.39, 0.29) is 5.91 Å². The first-order valence-corrected chi connectivity index (χ1v) is 10.4. The van der Waals surface area contributed by atoms with Gasteiger partial charge in [-0.25, -0.2) is 9.79 Å². The van der Waals surface area contributed by atoms with Crippen LogP contribution in [0.1, 0.15) is 11.1 Å². The first-order valence-electron chi connectivity index (χ1n) is 10.4. The molecule has 2 aliphatic heterocycles. The summed E-state index contributed by atoms with van der Waals surface area (Å²) < 4.78 is 0. The number of aryl methyl sites for hydroxylation is 1. The van der Waals surface area contributed by atoms with Crippen molar-refractivity contribution >= 4 is 29.1 Å². The Morgan fingerprint density at radius 2 is 1.68 bits per heavy atom. The highest BCUT2D eigenvalue weighted by molar-refractivity contribution is 6.12. The summed E-state index contributed by atoms with van der Waals surface area (Å²) in [6.07, 6.45) is -1.02. The van der Waals surface area contributed by atoms with Crippen LogP contribution in [0, 0.1) is 6.92 Å². The Morgan fingerprint density at radius 1 is 1.00 bits per heavy atom. The van der Waals surface area contributed by atoms with Crippen LogP contribution in [0.25, 0.3) is 0 Å². The van der Waals surface area contributed by atoms with Crippen LogP contribution in [0.15, 0.2) is 53.5 Å². The average molecular weight is 421 g/mol. The quantitative estimate of drug-likeness (QED) is 0.780. The number of carbonyl (C=O) groups excluding carboxylic acids is 2. The minimum Gasteiger partial charge on any atom is -0.354 e. The van der Waals surface area contributed by atoms with Crippen LogP contribution in [0.2, 0.25) is 0 Å². The Balaban J connectivity index is 1.62. The first kappa shape index (κ1) is 20.9. The summed E-state index contributed by atoms with van der Waals surface area (Å²) >= 11 is 0. The molecule has 0 bridgehead atoms. The van der Waals surface area contributed by atoms with Crippen LogP contribution >= 0.6 is 0 Å². The van der Waals surface area contributed by atoms with Crippen molar-refractivity contribution in [2.24, 2.45) is 4.99 Å². The number of rotatable bonds is 2. The molecule has 0 aliphatic carbocycles. The van der Waals surface area contributed by atoms with Gasteiger partial charge in [0, 0.05) is 44.5 Å². The summed E-state index contributed by atoms with van der Waals surface area (Å²) in [6.45, 7) is 5.43. The number of anilines is 2. The van der Waals surface area contributed by atoms with Gasteiger partial charge in [-0.05, 0) is 38.2 Å². The molecule has 2 aromatic rings. The molecule has 3 amide bonds. The topological polar surface area (TPSA) is 80.3 Å². The van der Waals surface area contributed by atoms with Gasteiger partial charge in [-0.3, -0.25) is 4.79 Å². The van der Waals surface area contributed by atoms with Crippen molar-refractivity contribution in [1.82, 2.24) is 15.1 Å². The summed E-state index contributed by atoms with van der Waals surface area (Å²) in [6, 6.07) is 14.8. The van der Waals surface area contributed by atoms with Gasteiger partial charge in [0.05, 0.1) is 5.69 Å². The number of hydrogen-bond donors (Lipinski definition) is 2. The zero-order valence-corrected chi connectivity index (χ0v) is 18.1. The summed E-state index contributed by atoms with van der Waals surface area (Å²) in [5, 5.41) is 5.53. The molecule has 0 unspecified atom stereocenters. The number of hydrogen-bond acceptors (Lipinski definition) is 5. The third-order valence-corrected chi connectivity index (χ3v) is 5.70. The summed E-state index contributed by atoms with van der Waals surface area (Å²) in [4.78, 5) is 36.6. The number of urea groups is 1. The summed E-state index contributed by atoms with van der Waals surface area (Å²) in [5.41, 5.74) is 3.44. The van der Waals surface area contributed by atoms with Crippen LogP contribution in [0.5, 0.6) is 0 Å². The fourth-order valence-electron chi connectivity index (χ4n) is 3.80. The monoisotopic (exact) mass is 420 g/mol. The molecule has 31 heavy (non-hydrogen) atoms. The third kappa shape index (κ3) is 4.54. The molecule has 1 atom stereocenters. The van der Waals surface area contributed by atoms with Crippen molar-refractivity contribution < 1.29 is 9.59 Å². The lowest BCUT2D eigenvalue weighted by Gasteiger charge is -2.35. The highest BCUT2D eigenvalue weighted by atomic mass is 16.2. The normalized spacial score (nSPS) is 19.4.